The van der Waals surface area contributed by atoms with Gasteiger partial charge in [-0.2, -0.15) is 4.68 Å². The fourth-order valence-electron chi connectivity index (χ4n) is 6.25. The lowest BCUT2D eigenvalue weighted by Gasteiger charge is -2.45. The number of aromatic nitrogens is 5. The number of nitrogens with zero attached hydrogens (tertiary/aromatic N) is 7. The minimum atomic E-state index is -0.860. The summed E-state index contributed by atoms with van der Waals surface area (Å²) in [5, 5.41) is 33.0. The summed E-state index contributed by atoms with van der Waals surface area (Å²) in [7, 11) is 0. The van der Waals surface area contributed by atoms with Gasteiger partial charge in [0.25, 0.3) is 0 Å². The smallest absolute Gasteiger partial charge is 0.336 e. The molecular formula is C23H27N7O5. The highest BCUT2D eigenvalue weighted by atomic mass is 16.5. The van der Waals surface area contributed by atoms with E-state index in [0.29, 0.717) is 42.0 Å². The summed E-state index contributed by atoms with van der Waals surface area (Å²) in [6, 6.07) is 3.75. The molecule has 12 heteroatoms. The molecule has 2 aromatic rings. The Morgan fingerprint density at radius 3 is 2.60 bits per heavy atom. The molecule has 6 rings (SSSR count). The van der Waals surface area contributed by atoms with Gasteiger partial charge in [0, 0.05) is 30.4 Å². The second-order valence-electron chi connectivity index (χ2n) is 9.95. The summed E-state index contributed by atoms with van der Waals surface area (Å²) in [6.07, 6.45) is 4.43. The van der Waals surface area contributed by atoms with Crippen molar-refractivity contribution < 1.29 is 24.5 Å². The van der Waals surface area contributed by atoms with Crippen molar-refractivity contribution in [1.82, 2.24) is 35.0 Å². The first kappa shape index (κ1) is 22.3. The Labute approximate surface area is 201 Å². The third-order valence-corrected chi connectivity index (χ3v) is 8.16. The predicted octanol–water partition coefficient (Wildman–Crippen LogP) is -0.262. The van der Waals surface area contributed by atoms with E-state index in [9.17, 15) is 19.8 Å². The average Bonchev–Trinajstić information content (AvgIpc) is 3.60. The number of fused-ring (bicyclic) bond motifs is 2. The van der Waals surface area contributed by atoms with Gasteiger partial charge in [-0.3, -0.25) is 9.69 Å². The zero-order valence-corrected chi connectivity index (χ0v) is 19.3. The molecule has 2 aromatic heterocycles. The number of ether oxygens (including phenoxy) is 1. The van der Waals surface area contributed by atoms with Gasteiger partial charge >= 0.3 is 5.97 Å². The molecule has 0 radical (unpaired) electrons. The van der Waals surface area contributed by atoms with Crippen LogP contribution < -0.4 is 0 Å². The number of carbonyl (C=O) groups excluding carboxylic acids is 2. The first-order chi connectivity index (χ1) is 16.9. The van der Waals surface area contributed by atoms with Crippen LogP contribution in [0.1, 0.15) is 44.3 Å². The number of aliphatic hydroxyl groups is 2. The second kappa shape index (κ2) is 8.18. The number of cyclic esters (lactones) is 1. The van der Waals surface area contributed by atoms with E-state index < -0.39 is 23.6 Å². The number of carbonyl (C=O) groups is 2. The van der Waals surface area contributed by atoms with Gasteiger partial charge in [-0.15, -0.1) is 5.10 Å². The van der Waals surface area contributed by atoms with Crippen LogP contribution in [-0.2, 0) is 14.3 Å². The standard InChI is InChI=1S/C23H27N7O5/c1-13-17(11-35-21(13)33)29-10-19(32)23(22(29)34)6-15-3-4-16(7-23)28(15)9-18(31)14-2-5-20(24-8-14)30-12-25-26-27-30/h2,5,8,12,15-16,18-19,31-32H,3-4,6-7,9-11H2,1H3/t15-,16-,18-,19?/m1/s1. The van der Waals surface area contributed by atoms with Crippen LogP contribution >= 0.6 is 0 Å². The molecule has 2 N–H and O–H groups in total. The number of likely N-dealkylation sites (tertiary alicyclic amines) is 1. The van der Waals surface area contributed by atoms with Crippen molar-refractivity contribution in [2.24, 2.45) is 5.41 Å². The van der Waals surface area contributed by atoms with Crippen molar-refractivity contribution >= 4 is 11.9 Å². The van der Waals surface area contributed by atoms with Gasteiger partial charge in [0.2, 0.25) is 5.91 Å². The SMILES string of the molecule is CC1=C(N2CC(O)C3(C[C@H]4CC[C@H](C3)N4C[C@@H](O)c3ccc(-n4cnnn4)nc3)C2=O)COC1=O. The minimum absolute atomic E-state index is 0.0740. The van der Waals surface area contributed by atoms with Crippen LogP contribution in [0.4, 0.5) is 0 Å². The summed E-state index contributed by atoms with van der Waals surface area (Å²) in [4.78, 5) is 33.6. The Bertz CT molecular complexity index is 1170. The van der Waals surface area contributed by atoms with Crippen LogP contribution in [-0.4, -0.2) is 95.0 Å². The quantitative estimate of drug-likeness (QED) is 0.547. The third-order valence-electron chi connectivity index (χ3n) is 8.16. The molecule has 6 heterocycles. The Balaban J connectivity index is 1.17. The maximum Gasteiger partial charge on any atom is 0.336 e. The zero-order chi connectivity index (χ0) is 24.3. The summed E-state index contributed by atoms with van der Waals surface area (Å²) >= 11 is 0. The van der Waals surface area contributed by atoms with Crippen LogP contribution in [0.25, 0.3) is 5.82 Å². The van der Waals surface area contributed by atoms with E-state index in [4.69, 9.17) is 4.74 Å². The number of aliphatic hydroxyl groups excluding tert-OH is 2. The highest BCUT2D eigenvalue weighted by Crippen LogP contribution is 2.52. The van der Waals surface area contributed by atoms with Crippen molar-refractivity contribution in [2.75, 3.05) is 19.7 Å². The molecule has 35 heavy (non-hydrogen) atoms. The first-order valence-corrected chi connectivity index (χ1v) is 11.9. The molecule has 12 nitrogen and oxygen atoms in total. The molecule has 0 aromatic carbocycles. The monoisotopic (exact) mass is 481 g/mol. The molecule has 2 bridgehead atoms. The number of rotatable bonds is 5. The van der Waals surface area contributed by atoms with Gasteiger partial charge in [0.15, 0.2) is 5.82 Å². The minimum Gasteiger partial charge on any atom is -0.456 e. The zero-order valence-electron chi connectivity index (χ0n) is 19.3. The Morgan fingerprint density at radius 1 is 1.23 bits per heavy atom. The van der Waals surface area contributed by atoms with E-state index in [0.717, 1.165) is 12.8 Å². The van der Waals surface area contributed by atoms with Gasteiger partial charge in [0.1, 0.15) is 12.9 Å². The van der Waals surface area contributed by atoms with Crippen LogP contribution in [0, 0.1) is 5.41 Å². The van der Waals surface area contributed by atoms with Gasteiger partial charge in [0.05, 0.1) is 35.4 Å². The molecule has 1 spiro atoms. The Kier molecular flexibility index (Phi) is 5.20. The summed E-state index contributed by atoms with van der Waals surface area (Å²) in [5.74, 6) is 0.0358. The molecule has 4 aliphatic heterocycles. The number of piperidine rings is 1. The fraction of sp³-hybridized carbons (Fsp3) is 0.565. The molecule has 0 saturated carbocycles. The molecule has 4 atom stereocenters. The molecule has 0 aliphatic carbocycles. The molecular weight excluding hydrogens is 454 g/mol. The predicted molar refractivity (Wildman–Crippen MR) is 118 cm³/mol. The molecule has 1 unspecified atom stereocenters. The van der Waals surface area contributed by atoms with E-state index in [1.807, 2.05) is 6.07 Å². The van der Waals surface area contributed by atoms with Crippen LogP contribution in [0.2, 0.25) is 0 Å². The Morgan fingerprint density at radius 2 is 2.00 bits per heavy atom. The lowest BCUT2D eigenvalue weighted by atomic mass is 9.72. The third kappa shape index (κ3) is 3.46. The number of β-amino-alcohol motifs (C(OH)–C–C–N with tert-alkyl or cyclic N) is 1. The Hall–Kier alpha value is -3.22. The lowest BCUT2D eigenvalue weighted by Crippen LogP contribution is -2.54. The van der Waals surface area contributed by atoms with Crippen molar-refractivity contribution in [2.45, 2.75) is 56.9 Å². The lowest BCUT2D eigenvalue weighted by molar-refractivity contribution is -0.143. The average molecular weight is 482 g/mol. The number of amides is 1. The number of hydrogen-bond donors (Lipinski definition) is 2. The number of pyridine rings is 1. The van der Waals surface area contributed by atoms with E-state index in [-0.39, 0.29) is 31.1 Å². The molecule has 3 fully saturated rings. The highest BCUT2D eigenvalue weighted by Gasteiger charge is 2.61. The summed E-state index contributed by atoms with van der Waals surface area (Å²) in [6.45, 7) is 2.35. The van der Waals surface area contributed by atoms with E-state index in [2.05, 4.69) is 25.4 Å². The molecule has 1 amide bonds. The molecule has 4 aliphatic rings. The summed E-state index contributed by atoms with van der Waals surface area (Å²) in [5.41, 5.74) is 0.837. The number of esters is 1. The van der Waals surface area contributed by atoms with Crippen LogP contribution in [0.15, 0.2) is 35.9 Å². The maximum atomic E-state index is 13.6. The van der Waals surface area contributed by atoms with Crippen molar-refractivity contribution in [3.63, 3.8) is 0 Å². The van der Waals surface area contributed by atoms with Crippen molar-refractivity contribution in [1.29, 1.82) is 0 Å². The normalized spacial score (nSPS) is 31.6. The maximum absolute atomic E-state index is 13.6. The first-order valence-electron chi connectivity index (χ1n) is 11.9. The van der Waals surface area contributed by atoms with Gasteiger partial charge in [-0.25, -0.2) is 9.78 Å². The van der Waals surface area contributed by atoms with Crippen molar-refractivity contribution in [3.8, 4) is 5.82 Å². The van der Waals surface area contributed by atoms with E-state index in [1.54, 1.807) is 24.1 Å². The van der Waals surface area contributed by atoms with Crippen molar-refractivity contribution in [3.05, 3.63) is 41.5 Å². The number of tetrazole rings is 1. The number of hydrogen-bond acceptors (Lipinski definition) is 10. The highest BCUT2D eigenvalue weighted by molar-refractivity contribution is 5.94. The topological polar surface area (TPSA) is 147 Å². The fourth-order valence-corrected chi connectivity index (χ4v) is 6.25. The van der Waals surface area contributed by atoms with Gasteiger partial charge in [-0.1, -0.05) is 6.07 Å². The molecule has 184 valence electrons. The van der Waals surface area contributed by atoms with Gasteiger partial charge < -0.3 is 19.8 Å². The van der Waals surface area contributed by atoms with Crippen LogP contribution in [0.5, 0.6) is 0 Å². The largest absolute Gasteiger partial charge is 0.456 e. The molecule has 3 saturated heterocycles. The van der Waals surface area contributed by atoms with Gasteiger partial charge in [-0.05, 0) is 49.1 Å². The van der Waals surface area contributed by atoms with Crippen LogP contribution in [0.3, 0.4) is 0 Å². The second-order valence-corrected chi connectivity index (χ2v) is 9.95. The summed E-state index contributed by atoms with van der Waals surface area (Å²) < 4.78 is 6.54. The van der Waals surface area contributed by atoms with E-state index in [1.165, 1.54) is 11.0 Å². The van der Waals surface area contributed by atoms with E-state index >= 15 is 0 Å².